The van der Waals surface area contributed by atoms with Crippen molar-refractivity contribution < 1.29 is 22.7 Å². The van der Waals surface area contributed by atoms with Crippen LogP contribution in [0.25, 0.3) is 10.9 Å². The van der Waals surface area contributed by atoms with Gasteiger partial charge in [-0.25, -0.2) is 14.4 Å². The van der Waals surface area contributed by atoms with E-state index in [9.17, 15) is 4.39 Å². The minimum absolute atomic E-state index is 0.0114. The van der Waals surface area contributed by atoms with Crippen molar-refractivity contribution in [2.24, 2.45) is 0 Å². The summed E-state index contributed by atoms with van der Waals surface area (Å²) in [6, 6.07) is 7.43. The minimum atomic E-state index is -2.66. The number of nitrogens with one attached hydrogen (secondary N) is 1. The van der Waals surface area contributed by atoms with E-state index >= 15 is 0 Å². The van der Waals surface area contributed by atoms with Gasteiger partial charge in [0.05, 0.1) is 41.5 Å². The first-order valence-corrected chi connectivity index (χ1v) is 10.3. The van der Waals surface area contributed by atoms with Crippen molar-refractivity contribution >= 4 is 34.0 Å². The fraction of sp³-hybridized carbons (Fsp3) is 0.364. The van der Waals surface area contributed by atoms with E-state index in [2.05, 4.69) is 20.2 Å². The number of benzene rings is 2. The zero-order valence-electron chi connectivity index (χ0n) is 19.7. The number of morpholine rings is 1. The number of rotatable bonds is 8. The summed E-state index contributed by atoms with van der Waals surface area (Å²) < 4.78 is 52.8. The molecule has 9 heteroatoms. The molecule has 1 aliphatic heterocycles. The molecule has 0 atom stereocenters. The van der Waals surface area contributed by atoms with Gasteiger partial charge in [-0.15, -0.1) is 0 Å². The first kappa shape index (κ1) is 17.9. The molecule has 4 rings (SSSR count). The topological polar surface area (TPSA) is 68.7 Å². The van der Waals surface area contributed by atoms with Crippen LogP contribution in [0.4, 0.5) is 15.9 Å². The molecule has 1 aliphatic rings. The second-order valence-electron chi connectivity index (χ2n) is 7.05. The highest BCUT2D eigenvalue weighted by Crippen LogP contribution is 2.35. The molecule has 7 nitrogen and oxygen atoms in total. The van der Waals surface area contributed by atoms with Gasteiger partial charge in [0.1, 0.15) is 18.0 Å². The molecule has 3 aromatic rings. The SMILES string of the molecule is [2H]C([2H])([2H])Oc1cc2ncnc(Nc3ccc(Cl)c(F)c3)c2cc1OCCCN1CCOCC1. The summed E-state index contributed by atoms with van der Waals surface area (Å²) in [5, 5.41) is 3.61. The Morgan fingerprint density at radius 2 is 2.10 bits per heavy atom. The normalized spacial score (nSPS) is 16.4. The lowest BCUT2D eigenvalue weighted by molar-refractivity contribution is 0.0357. The van der Waals surface area contributed by atoms with Gasteiger partial charge in [0.15, 0.2) is 11.5 Å². The van der Waals surface area contributed by atoms with E-state index in [0.717, 1.165) is 39.3 Å². The fourth-order valence-corrected chi connectivity index (χ4v) is 3.48. The quantitative estimate of drug-likeness (QED) is 0.515. The van der Waals surface area contributed by atoms with E-state index < -0.39 is 12.9 Å². The van der Waals surface area contributed by atoms with Crippen molar-refractivity contribution in [3.63, 3.8) is 0 Å². The summed E-state index contributed by atoms with van der Waals surface area (Å²) in [5.41, 5.74) is 0.879. The van der Waals surface area contributed by atoms with Crippen molar-refractivity contribution in [3.05, 3.63) is 47.5 Å². The summed E-state index contributed by atoms with van der Waals surface area (Å²) >= 11 is 5.77. The molecule has 0 radical (unpaired) electrons. The Bertz CT molecular complexity index is 1150. The summed E-state index contributed by atoms with van der Waals surface area (Å²) in [5.74, 6) is 0.139. The fourth-order valence-electron chi connectivity index (χ4n) is 3.36. The lowest BCUT2D eigenvalue weighted by atomic mass is 10.2. The van der Waals surface area contributed by atoms with Crippen LogP contribution in [-0.2, 0) is 4.74 Å². The first-order chi connectivity index (χ1) is 16.3. The maximum Gasteiger partial charge on any atom is 0.162 e. The second kappa shape index (κ2) is 10.1. The zero-order chi connectivity index (χ0) is 24.1. The highest BCUT2D eigenvalue weighted by atomic mass is 35.5. The van der Waals surface area contributed by atoms with Gasteiger partial charge in [0.2, 0.25) is 0 Å². The van der Waals surface area contributed by atoms with Crippen LogP contribution in [0.2, 0.25) is 5.02 Å². The Labute approximate surface area is 189 Å². The lowest BCUT2D eigenvalue weighted by Gasteiger charge is -2.26. The van der Waals surface area contributed by atoms with Crippen LogP contribution >= 0.6 is 11.6 Å². The van der Waals surface area contributed by atoms with Gasteiger partial charge in [0.25, 0.3) is 0 Å². The third-order valence-corrected chi connectivity index (χ3v) is 5.28. The molecular formula is C22H24ClFN4O3. The van der Waals surface area contributed by atoms with E-state index in [-0.39, 0.29) is 16.5 Å². The molecule has 2 aromatic carbocycles. The number of ether oxygens (including phenoxy) is 3. The van der Waals surface area contributed by atoms with Gasteiger partial charge < -0.3 is 19.5 Å². The highest BCUT2D eigenvalue weighted by molar-refractivity contribution is 6.30. The number of hydrogen-bond acceptors (Lipinski definition) is 7. The van der Waals surface area contributed by atoms with Crippen LogP contribution in [0, 0.1) is 5.82 Å². The molecular weight excluding hydrogens is 423 g/mol. The summed E-state index contributed by atoms with van der Waals surface area (Å²) in [6.07, 6.45) is 2.06. The molecule has 0 aliphatic carbocycles. The molecule has 2 heterocycles. The molecule has 1 saturated heterocycles. The Kier molecular flexibility index (Phi) is 5.84. The van der Waals surface area contributed by atoms with Gasteiger partial charge in [-0.1, -0.05) is 11.6 Å². The van der Waals surface area contributed by atoms with Crippen LogP contribution in [0.5, 0.6) is 11.5 Å². The molecule has 0 saturated carbocycles. The molecule has 0 amide bonds. The van der Waals surface area contributed by atoms with Crippen LogP contribution in [0.15, 0.2) is 36.7 Å². The largest absolute Gasteiger partial charge is 0.493 e. The molecule has 0 unspecified atom stereocenters. The molecule has 0 spiro atoms. The Hall–Kier alpha value is -2.68. The second-order valence-corrected chi connectivity index (χ2v) is 7.46. The van der Waals surface area contributed by atoms with Crippen LogP contribution in [-0.4, -0.2) is 61.4 Å². The molecule has 0 bridgehead atoms. The highest BCUT2D eigenvalue weighted by Gasteiger charge is 2.14. The van der Waals surface area contributed by atoms with Crippen molar-refractivity contribution in [2.75, 3.05) is 51.8 Å². The van der Waals surface area contributed by atoms with Crippen LogP contribution < -0.4 is 14.8 Å². The molecule has 1 aromatic heterocycles. The Morgan fingerprint density at radius 1 is 1.23 bits per heavy atom. The van der Waals surface area contributed by atoms with Gasteiger partial charge in [-0.3, -0.25) is 4.90 Å². The zero-order valence-corrected chi connectivity index (χ0v) is 17.5. The number of anilines is 2. The summed E-state index contributed by atoms with van der Waals surface area (Å²) in [6.45, 7) is 4.39. The smallest absolute Gasteiger partial charge is 0.162 e. The third kappa shape index (κ3) is 5.33. The van der Waals surface area contributed by atoms with Crippen molar-refractivity contribution in [1.29, 1.82) is 0 Å². The minimum Gasteiger partial charge on any atom is -0.493 e. The standard InChI is InChI=1S/C22H24ClFN4O3/c1-29-20-13-19-16(12-21(20)31-8-2-5-28-6-9-30-10-7-28)22(26-14-25-19)27-15-3-4-17(23)18(24)11-15/h3-4,11-14H,2,5-10H2,1H3,(H,25,26,27)/i1D3. The Balaban J connectivity index is 1.57. The van der Waals surface area contributed by atoms with Crippen molar-refractivity contribution in [1.82, 2.24) is 14.9 Å². The average molecular weight is 450 g/mol. The number of fused-ring (bicyclic) bond motifs is 1. The van der Waals surface area contributed by atoms with Crippen molar-refractivity contribution in [3.8, 4) is 11.5 Å². The summed E-state index contributed by atoms with van der Waals surface area (Å²) in [7, 11) is -2.66. The van der Waals surface area contributed by atoms with Gasteiger partial charge >= 0.3 is 0 Å². The maximum atomic E-state index is 13.9. The van der Waals surface area contributed by atoms with Crippen LogP contribution in [0.1, 0.15) is 10.5 Å². The predicted molar refractivity (Wildman–Crippen MR) is 118 cm³/mol. The van der Waals surface area contributed by atoms with E-state index in [1.165, 1.54) is 24.5 Å². The Morgan fingerprint density at radius 3 is 2.90 bits per heavy atom. The summed E-state index contributed by atoms with van der Waals surface area (Å²) in [4.78, 5) is 10.8. The number of aromatic nitrogens is 2. The average Bonchev–Trinajstić information content (AvgIpc) is 2.79. The van der Waals surface area contributed by atoms with E-state index in [4.69, 9.17) is 29.9 Å². The number of hydrogen-bond donors (Lipinski definition) is 1. The third-order valence-electron chi connectivity index (χ3n) is 4.97. The van der Waals surface area contributed by atoms with Gasteiger partial charge in [-0.2, -0.15) is 0 Å². The van der Waals surface area contributed by atoms with E-state index in [0.29, 0.717) is 29.0 Å². The van der Waals surface area contributed by atoms with E-state index in [1.807, 2.05) is 0 Å². The predicted octanol–water partition coefficient (Wildman–Crippen LogP) is 4.28. The molecule has 1 N–H and O–H groups in total. The van der Waals surface area contributed by atoms with Gasteiger partial charge in [0, 0.05) is 36.8 Å². The molecule has 164 valence electrons. The number of halogens is 2. The monoisotopic (exact) mass is 449 g/mol. The number of nitrogens with zero attached hydrogens (tertiary/aromatic N) is 3. The van der Waals surface area contributed by atoms with Crippen molar-refractivity contribution in [2.45, 2.75) is 6.42 Å². The van der Waals surface area contributed by atoms with E-state index in [1.54, 1.807) is 12.1 Å². The van der Waals surface area contributed by atoms with Crippen LogP contribution in [0.3, 0.4) is 0 Å². The first-order valence-electron chi connectivity index (χ1n) is 11.4. The number of methoxy groups -OCH3 is 1. The lowest BCUT2D eigenvalue weighted by Crippen LogP contribution is -2.37. The maximum absolute atomic E-state index is 13.9. The molecule has 1 fully saturated rings. The molecule has 31 heavy (non-hydrogen) atoms. The van der Waals surface area contributed by atoms with Gasteiger partial charge in [-0.05, 0) is 30.7 Å².